The van der Waals surface area contributed by atoms with Crippen LogP contribution in [0.5, 0.6) is 0 Å². The molecule has 1 aromatic heterocycles. The van der Waals surface area contributed by atoms with Crippen LogP contribution in [-0.2, 0) is 11.3 Å². The standard InChI is InChI=1S/C12H18ClN3O3/c13-11-10(7-15-16(4-5-17)12(11)18)14-3-6-19-8-9-1-2-9/h7,9,14,17H,1-6,8H2. The fourth-order valence-corrected chi connectivity index (χ4v) is 1.85. The Balaban J connectivity index is 1.82. The van der Waals surface area contributed by atoms with Gasteiger partial charge in [-0.15, -0.1) is 0 Å². The third-order valence-electron chi connectivity index (χ3n) is 2.91. The molecule has 19 heavy (non-hydrogen) atoms. The van der Waals surface area contributed by atoms with Crippen molar-refractivity contribution in [3.8, 4) is 0 Å². The van der Waals surface area contributed by atoms with Crippen molar-refractivity contribution in [2.45, 2.75) is 19.4 Å². The first kappa shape index (κ1) is 14.3. The van der Waals surface area contributed by atoms with E-state index in [1.54, 1.807) is 0 Å². The number of ether oxygens (including phenoxy) is 1. The third kappa shape index (κ3) is 4.19. The van der Waals surface area contributed by atoms with E-state index in [0.717, 1.165) is 17.2 Å². The molecular formula is C12H18ClN3O3. The highest BCUT2D eigenvalue weighted by Gasteiger charge is 2.20. The van der Waals surface area contributed by atoms with Gasteiger partial charge in [-0.3, -0.25) is 4.79 Å². The molecule has 0 atom stereocenters. The first-order valence-electron chi connectivity index (χ1n) is 6.40. The van der Waals surface area contributed by atoms with Crippen LogP contribution in [0.25, 0.3) is 0 Å². The molecule has 1 aliphatic rings. The van der Waals surface area contributed by atoms with Gasteiger partial charge in [-0.05, 0) is 18.8 Å². The molecule has 0 aromatic carbocycles. The van der Waals surface area contributed by atoms with Gasteiger partial charge in [-0.25, -0.2) is 4.68 Å². The smallest absolute Gasteiger partial charge is 0.287 e. The van der Waals surface area contributed by atoms with E-state index in [1.807, 2.05) is 0 Å². The molecule has 0 amide bonds. The molecule has 0 aliphatic heterocycles. The highest BCUT2D eigenvalue weighted by Crippen LogP contribution is 2.28. The summed E-state index contributed by atoms with van der Waals surface area (Å²) in [5, 5.41) is 15.8. The Bertz CT molecular complexity index is 474. The molecule has 0 bridgehead atoms. The predicted molar refractivity (Wildman–Crippen MR) is 72.6 cm³/mol. The minimum absolute atomic E-state index is 0.0886. The molecule has 0 unspecified atom stereocenters. The molecule has 106 valence electrons. The maximum absolute atomic E-state index is 11.8. The maximum Gasteiger partial charge on any atom is 0.287 e. The molecule has 6 nitrogen and oxygen atoms in total. The highest BCUT2D eigenvalue weighted by molar-refractivity contribution is 6.32. The number of aliphatic hydroxyl groups is 1. The van der Waals surface area contributed by atoms with Gasteiger partial charge >= 0.3 is 0 Å². The van der Waals surface area contributed by atoms with Gasteiger partial charge in [-0.2, -0.15) is 5.10 Å². The van der Waals surface area contributed by atoms with Crippen LogP contribution in [-0.4, -0.2) is 41.3 Å². The quantitative estimate of drug-likeness (QED) is 0.689. The second kappa shape index (κ2) is 6.88. The molecule has 0 saturated heterocycles. The normalized spacial score (nSPS) is 14.6. The molecule has 1 aromatic rings. The van der Waals surface area contributed by atoms with E-state index in [2.05, 4.69) is 10.4 Å². The van der Waals surface area contributed by atoms with Crippen molar-refractivity contribution in [2.75, 3.05) is 31.7 Å². The van der Waals surface area contributed by atoms with Gasteiger partial charge in [0.25, 0.3) is 5.56 Å². The average Bonchev–Trinajstić information content (AvgIpc) is 3.21. The lowest BCUT2D eigenvalue weighted by atomic mass is 10.4. The zero-order valence-corrected chi connectivity index (χ0v) is 11.4. The number of halogens is 1. The first-order valence-corrected chi connectivity index (χ1v) is 6.78. The molecule has 0 radical (unpaired) electrons. The van der Waals surface area contributed by atoms with Gasteiger partial charge in [0.05, 0.1) is 31.6 Å². The predicted octanol–water partition coefficient (Wildman–Crippen LogP) is 0.727. The second-order valence-electron chi connectivity index (χ2n) is 4.57. The second-order valence-corrected chi connectivity index (χ2v) is 4.95. The van der Waals surface area contributed by atoms with E-state index in [-0.39, 0.29) is 18.2 Å². The number of nitrogens with one attached hydrogen (secondary N) is 1. The number of anilines is 1. The monoisotopic (exact) mass is 287 g/mol. The van der Waals surface area contributed by atoms with Gasteiger partial charge in [0, 0.05) is 13.2 Å². The highest BCUT2D eigenvalue weighted by atomic mass is 35.5. The molecule has 0 spiro atoms. The molecule has 1 fully saturated rings. The summed E-state index contributed by atoms with van der Waals surface area (Å²) in [4.78, 5) is 11.8. The van der Waals surface area contributed by atoms with Crippen molar-refractivity contribution < 1.29 is 9.84 Å². The fraction of sp³-hybridized carbons (Fsp3) is 0.667. The summed E-state index contributed by atoms with van der Waals surface area (Å²) in [6.45, 7) is 1.96. The van der Waals surface area contributed by atoms with E-state index in [0.29, 0.717) is 18.8 Å². The van der Waals surface area contributed by atoms with E-state index in [9.17, 15) is 4.79 Å². The SMILES string of the molecule is O=c1c(Cl)c(NCCOCC2CC2)cnn1CCO. The lowest BCUT2D eigenvalue weighted by Crippen LogP contribution is -2.26. The lowest BCUT2D eigenvalue weighted by Gasteiger charge is -2.09. The van der Waals surface area contributed by atoms with Crippen molar-refractivity contribution in [3.05, 3.63) is 21.6 Å². The van der Waals surface area contributed by atoms with Crippen molar-refractivity contribution in [3.63, 3.8) is 0 Å². The number of aromatic nitrogens is 2. The Morgan fingerprint density at radius 1 is 1.58 bits per heavy atom. The Morgan fingerprint density at radius 3 is 3.05 bits per heavy atom. The summed E-state index contributed by atoms with van der Waals surface area (Å²) < 4.78 is 6.61. The summed E-state index contributed by atoms with van der Waals surface area (Å²) in [7, 11) is 0. The molecule has 1 heterocycles. The van der Waals surface area contributed by atoms with Crippen LogP contribution in [0.3, 0.4) is 0 Å². The summed E-state index contributed by atoms with van der Waals surface area (Å²) in [6.07, 6.45) is 4.03. The Hall–Kier alpha value is -1.11. The first-order chi connectivity index (χ1) is 9.22. The largest absolute Gasteiger partial charge is 0.394 e. The number of nitrogens with zero attached hydrogens (tertiary/aromatic N) is 2. The number of hydrogen-bond acceptors (Lipinski definition) is 5. The van der Waals surface area contributed by atoms with Crippen molar-refractivity contribution in [1.29, 1.82) is 0 Å². The van der Waals surface area contributed by atoms with E-state index >= 15 is 0 Å². The third-order valence-corrected chi connectivity index (χ3v) is 3.27. The van der Waals surface area contributed by atoms with Crippen LogP contribution < -0.4 is 10.9 Å². The zero-order chi connectivity index (χ0) is 13.7. The van der Waals surface area contributed by atoms with E-state index in [4.69, 9.17) is 21.4 Å². The van der Waals surface area contributed by atoms with Gasteiger partial charge in [0.1, 0.15) is 5.02 Å². The summed E-state index contributed by atoms with van der Waals surface area (Å²) >= 11 is 5.95. The van der Waals surface area contributed by atoms with Crippen molar-refractivity contribution in [1.82, 2.24) is 9.78 Å². The summed E-state index contributed by atoms with van der Waals surface area (Å²) in [6, 6.07) is 0. The van der Waals surface area contributed by atoms with Gasteiger partial charge in [0.2, 0.25) is 0 Å². The van der Waals surface area contributed by atoms with Crippen LogP contribution in [0.4, 0.5) is 5.69 Å². The summed E-state index contributed by atoms with van der Waals surface area (Å²) in [5.74, 6) is 0.743. The number of aliphatic hydroxyl groups excluding tert-OH is 1. The maximum atomic E-state index is 11.8. The van der Waals surface area contributed by atoms with Gasteiger partial charge in [0.15, 0.2) is 0 Å². The van der Waals surface area contributed by atoms with Crippen molar-refractivity contribution >= 4 is 17.3 Å². The molecule has 2 N–H and O–H groups in total. The minimum Gasteiger partial charge on any atom is -0.394 e. The molecule has 7 heteroatoms. The Kier molecular flexibility index (Phi) is 5.18. The van der Waals surface area contributed by atoms with Crippen LogP contribution >= 0.6 is 11.6 Å². The van der Waals surface area contributed by atoms with Crippen LogP contribution in [0.1, 0.15) is 12.8 Å². The van der Waals surface area contributed by atoms with Crippen LogP contribution in [0.15, 0.2) is 11.0 Å². The fourth-order valence-electron chi connectivity index (χ4n) is 1.63. The molecule has 1 saturated carbocycles. The Morgan fingerprint density at radius 2 is 2.37 bits per heavy atom. The van der Waals surface area contributed by atoms with Gasteiger partial charge < -0.3 is 15.2 Å². The van der Waals surface area contributed by atoms with Crippen LogP contribution in [0, 0.1) is 5.92 Å². The van der Waals surface area contributed by atoms with E-state index < -0.39 is 5.56 Å². The van der Waals surface area contributed by atoms with Crippen LogP contribution in [0.2, 0.25) is 5.02 Å². The zero-order valence-electron chi connectivity index (χ0n) is 10.6. The summed E-state index contributed by atoms with van der Waals surface area (Å²) in [5.41, 5.74) is 0.0930. The van der Waals surface area contributed by atoms with E-state index in [1.165, 1.54) is 19.0 Å². The minimum atomic E-state index is -0.403. The molecule has 1 aliphatic carbocycles. The topological polar surface area (TPSA) is 76.4 Å². The molecule has 2 rings (SSSR count). The lowest BCUT2D eigenvalue weighted by molar-refractivity contribution is 0.134. The van der Waals surface area contributed by atoms with Crippen molar-refractivity contribution in [2.24, 2.45) is 5.92 Å². The number of hydrogen-bond donors (Lipinski definition) is 2. The molecular weight excluding hydrogens is 270 g/mol. The number of rotatable bonds is 8. The average molecular weight is 288 g/mol. The Labute approximate surface area is 116 Å². The van der Waals surface area contributed by atoms with Gasteiger partial charge in [-0.1, -0.05) is 11.6 Å².